The third-order valence-electron chi connectivity index (χ3n) is 3.20. The van der Waals surface area contributed by atoms with Crippen molar-refractivity contribution in [2.45, 2.75) is 24.8 Å². The van der Waals surface area contributed by atoms with Crippen molar-refractivity contribution >= 4 is 5.97 Å². The number of esters is 1. The molecule has 0 bridgehead atoms. The molecular formula is C14H12F3NO4. The lowest BCUT2D eigenvalue weighted by atomic mass is 10.1. The Morgan fingerprint density at radius 2 is 2.14 bits per heavy atom. The average molecular weight is 315 g/mol. The highest BCUT2D eigenvalue weighted by Crippen LogP contribution is 2.34. The quantitative estimate of drug-likeness (QED) is 0.801. The number of hydrogen-bond donors (Lipinski definition) is 0. The average Bonchev–Trinajstić information content (AvgIpc) is 2.48. The highest BCUT2D eigenvalue weighted by molar-refractivity contribution is 5.76. The lowest BCUT2D eigenvalue weighted by molar-refractivity contribution is -0.168. The van der Waals surface area contributed by atoms with Crippen molar-refractivity contribution in [2.24, 2.45) is 0 Å². The van der Waals surface area contributed by atoms with E-state index in [4.69, 9.17) is 19.5 Å². The fourth-order valence-corrected chi connectivity index (χ4v) is 2.10. The Labute approximate surface area is 124 Å². The monoisotopic (exact) mass is 315 g/mol. The number of nitriles is 1. The Hall–Kier alpha value is -2.27. The second-order valence-corrected chi connectivity index (χ2v) is 4.59. The number of carbonyl (C=O) groups is 1. The van der Waals surface area contributed by atoms with Gasteiger partial charge in [-0.3, -0.25) is 0 Å². The Balaban J connectivity index is 2.30. The summed E-state index contributed by atoms with van der Waals surface area (Å²) in [7, 11) is 1.37. The maximum Gasteiger partial charge on any atom is 0.417 e. The van der Waals surface area contributed by atoms with E-state index >= 15 is 0 Å². The number of alkyl halides is 3. The smallest absolute Gasteiger partial charge is 0.417 e. The van der Waals surface area contributed by atoms with Gasteiger partial charge in [0.25, 0.3) is 0 Å². The number of benzene rings is 1. The molecule has 1 aromatic carbocycles. The Morgan fingerprint density at radius 1 is 1.41 bits per heavy atom. The predicted molar refractivity (Wildman–Crippen MR) is 66.9 cm³/mol. The Morgan fingerprint density at radius 3 is 2.73 bits per heavy atom. The van der Waals surface area contributed by atoms with E-state index in [2.05, 4.69) is 0 Å². The molecule has 0 radical (unpaired) electrons. The zero-order valence-electron chi connectivity index (χ0n) is 11.5. The van der Waals surface area contributed by atoms with Crippen LogP contribution in [0.15, 0.2) is 18.2 Å². The van der Waals surface area contributed by atoms with Crippen LogP contribution in [0.1, 0.15) is 17.5 Å². The zero-order chi connectivity index (χ0) is 16.3. The molecule has 118 valence electrons. The summed E-state index contributed by atoms with van der Waals surface area (Å²) < 4.78 is 53.9. The molecule has 8 heteroatoms. The van der Waals surface area contributed by atoms with Crippen molar-refractivity contribution < 1.29 is 32.2 Å². The summed E-state index contributed by atoms with van der Waals surface area (Å²) in [5.74, 6) is -0.881. The second kappa shape index (κ2) is 6.23. The van der Waals surface area contributed by atoms with Crippen LogP contribution < -0.4 is 4.74 Å². The van der Waals surface area contributed by atoms with Gasteiger partial charge in [0.2, 0.25) is 6.10 Å². The van der Waals surface area contributed by atoms with Crippen LogP contribution in [0.25, 0.3) is 0 Å². The molecule has 2 atom stereocenters. The summed E-state index contributed by atoms with van der Waals surface area (Å²) in [5.41, 5.74) is -1.64. The molecule has 0 saturated carbocycles. The molecule has 0 N–H and O–H groups in total. The minimum absolute atomic E-state index is 0.165. The molecule has 1 aliphatic heterocycles. The number of cyclic esters (lactones) is 1. The standard InChI is InChI=1S/C14H12F3NO4/c1-20-11-4-5-21-13(19)12(11)22-9-3-2-8(7-18)10(6-9)14(15,16)17/h2-3,6,11-12H,4-5H2,1H3. The predicted octanol–water partition coefficient (Wildman–Crippen LogP) is 2.29. The third-order valence-corrected chi connectivity index (χ3v) is 3.20. The lowest BCUT2D eigenvalue weighted by Gasteiger charge is -2.29. The van der Waals surface area contributed by atoms with Gasteiger partial charge in [-0.15, -0.1) is 0 Å². The largest absolute Gasteiger partial charge is 0.476 e. The van der Waals surface area contributed by atoms with Gasteiger partial charge >= 0.3 is 12.1 Å². The number of halogens is 3. The molecule has 2 unspecified atom stereocenters. The fraction of sp³-hybridized carbons (Fsp3) is 0.429. The van der Waals surface area contributed by atoms with E-state index in [-0.39, 0.29) is 12.4 Å². The van der Waals surface area contributed by atoms with Crippen molar-refractivity contribution in [3.05, 3.63) is 29.3 Å². The summed E-state index contributed by atoms with van der Waals surface area (Å²) in [5, 5.41) is 8.73. The number of rotatable bonds is 3. The van der Waals surface area contributed by atoms with Crippen LogP contribution in [0.2, 0.25) is 0 Å². The molecule has 1 saturated heterocycles. The van der Waals surface area contributed by atoms with Crippen LogP contribution in [-0.4, -0.2) is 31.9 Å². The minimum atomic E-state index is -4.70. The molecular weight excluding hydrogens is 303 g/mol. The van der Waals surface area contributed by atoms with E-state index in [1.165, 1.54) is 19.2 Å². The summed E-state index contributed by atoms with van der Waals surface area (Å²) in [6.07, 6.45) is -6.06. The number of nitrogens with zero attached hydrogens (tertiary/aromatic N) is 1. The molecule has 0 spiro atoms. The first-order valence-corrected chi connectivity index (χ1v) is 6.34. The summed E-state index contributed by atoms with van der Waals surface area (Å²) >= 11 is 0. The van der Waals surface area contributed by atoms with E-state index < -0.39 is 35.5 Å². The van der Waals surface area contributed by atoms with Crippen LogP contribution in [0.5, 0.6) is 5.75 Å². The number of ether oxygens (including phenoxy) is 3. The van der Waals surface area contributed by atoms with Crippen molar-refractivity contribution in [3.8, 4) is 11.8 Å². The van der Waals surface area contributed by atoms with Gasteiger partial charge in [0.05, 0.1) is 23.8 Å². The maximum atomic E-state index is 12.9. The highest BCUT2D eigenvalue weighted by Gasteiger charge is 2.38. The normalized spacial score (nSPS) is 21.9. The van der Waals surface area contributed by atoms with Gasteiger partial charge < -0.3 is 14.2 Å². The van der Waals surface area contributed by atoms with Crippen LogP contribution in [0.3, 0.4) is 0 Å². The molecule has 5 nitrogen and oxygen atoms in total. The van der Waals surface area contributed by atoms with Crippen LogP contribution in [0, 0.1) is 11.3 Å². The first kappa shape index (κ1) is 16.1. The molecule has 0 amide bonds. The minimum Gasteiger partial charge on any atom is -0.476 e. The van der Waals surface area contributed by atoms with Crippen LogP contribution >= 0.6 is 0 Å². The summed E-state index contributed by atoms with van der Waals surface area (Å²) in [4.78, 5) is 11.7. The van der Waals surface area contributed by atoms with Gasteiger partial charge in [-0.05, 0) is 18.2 Å². The van der Waals surface area contributed by atoms with Crippen molar-refractivity contribution in [2.75, 3.05) is 13.7 Å². The molecule has 2 rings (SSSR count). The number of methoxy groups -OCH3 is 1. The van der Waals surface area contributed by atoms with Crippen molar-refractivity contribution in [1.82, 2.24) is 0 Å². The lowest BCUT2D eigenvalue weighted by Crippen LogP contribution is -2.46. The zero-order valence-corrected chi connectivity index (χ0v) is 11.5. The van der Waals surface area contributed by atoms with Gasteiger partial charge in [-0.2, -0.15) is 18.4 Å². The van der Waals surface area contributed by atoms with Gasteiger partial charge in [-0.1, -0.05) is 0 Å². The molecule has 1 aliphatic rings. The molecule has 22 heavy (non-hydrogen) atoms. The topological polar surface area (TPSA) is 68.6 Å². The number of carbonyl (C=O) groups excluding carboxylic acids is 1. The van der Waals surface area contributed by atoms with E-state index in [0.29, 0.717) is 12.5 Å². The molecule has 0 aromatic heterocycles. The Kier molecular flexibility index (Phi) is 4.56. The van der Waals surface area contributed by atoms with Crippen LogP contribution in [-0.2, 0) is 20.4 Å². The summed E-state index contributed by atoms with van der Waals surface area (Å²) in [6, 6.07) is 4.35. The van der Waals surface area contributed by atoms with Crippen molar-refractivity contribution in [1.29, 1.82) is 5.26 Å². The first-order valence-electron chi connectivity index (χ1n) is 6.34. The third kappa shape index (κ3) is 3.31. The maximum absolute atomic E-state index is 12.9. The van der Waals surface area contributed by atoms with Crippen molar-refractivity contribution in [3.63, 3.8) is 0 Å². The molecule has 1 heterocycles. The SMILES string of the molecule is COC1CCOC(=O)C1Oc1ccc(C#N)c(C(F)(F)F)c1. The van der Waals surface area contributed by atoms with E-state index in [0.717, 1.165) is 6.07 Å². The first-order chi connectivity index (χ1) is 10.4. The van der Waals surface area contributed by atoms with Gasteiger partial charge in [-0.25, -0.2) is 4.79 Å². The fourth-order valence-electron chi connectivity index (χ4n) is 2.10. The van der Waals surface area contributed by atoms with Gasteiger partial charge in [0, 0.05) is 13.5 Å². The second-order valence-electron chi connectivity index (χ2n) is 4.59. The molecule has 1 aromatic rings. The molecule has 1 fully saturated rings. The van der Waals surface area contributed by atoms with Gasteiger partial charge in [0.1, 0.15) is 11.9 Å². The van der Waals surface area contributed by atoms with E-state index in [9.17, 15) is 18.0 Å². The van der Waals surface area contributed by atoms with E-state index in [1.807, 2.05) is 0 Å². The number of hydrogen-bond acceptors (Lipinski definition) is 5. The van der Waals surface area contributed by atoms with Crippen LogP contribution in [0.4, 0.5) is 13.2 Å². The Bertz CT molecular complexity index is 609. The molecule has 0 aliphatic carbocycles. The summed E-state index contributed by atoms with van der Waals surface area (Å²) in [6.45, 7) is 0.165. The van der Waals surface area contributed by atoms with E-state index in [1.54, 1.807) is 0 Å². The highest BCUT2D eigenvalue weighted by atomic mass is 19.4. The van der Waals surface area contributed by atoms with Gasteiger partial charge in [0.15, 0.2) is 0 Å².